The summed E-state index contributed by atoms with van der Waals surface area (Å²) in [5.41, 5.74) is 6.29. The first-order chi connectivity index (χ1) is 6.29. The number of nitrogen functional groups attached to an aromatic ring is 1. The van der Waals surface area contributed by atoms with Gasteiger partial charge in [0.2, 0.25) is 5.95 Å². The molecule has 2 aromatic rings. The van der Waals surface area contributed by atoms with Crippen LogP contribution in [0.4, 0.5) is 11.1 Å². The molecule has 0 spiro atoms. The Kier molecular flexibility index (Phi) is 1.97. The van der Waals surface area contributed by atoms with Gasteiger partial charge in [-0.1, -0.05) is 11.3 Å². The second-order valence-corrected chi connectivity index (χ2v) is 3.48. The molecule has 2 rings (SSSR count). The lowest BCUT2D eigenvalue weighted by Gasteiger charge is -1.97. The van der Waals surface area contributed by atoms with Gasteiger partial charge in [-0.15, -0.1) is 0 Å². The van der Waals surface area contributed by atoms with Gasteiger partial charge in [0.05, 0.1) is 6.20 Å². The number of nitrogens with zero attached hydrogens (tertiary/aromatic N) is 3. The summed E-state index contributed by atoms with van der Waals surface area (Å²) in [5.74, 6) is 0.624. The normalized spacial score (nSPS) is 10.5. The van der Waals surface area contributed by atoms with E-state index in [0.29, 0.717) is 11.1 Å². The van der Waals surface area contributed by atoms with Crippen molar-refractivity contribution in [2.45, 2.75) is 6.92 Å². The highest BCUT2D eigenvalue weighted by Gasteiger charge is 2.03. The zero-order valence-corrected chi connectivity index (χ0v) is 7.93. The maximum atomic E-state index is 5.53. The van der Waals surface area contributed by atoms with Crippen molar-refractivity contribution in [2.24, 2.45) is 0 Å². The summed E-state index contributed by atoms with van der Waals surface area (Å²) < 4.78 is 0. The third kappa shape index (κ3) is 1.52. The van der Waals surface area contributed by atoms with Crippen LogP contribution < -0.4 is 11.1 Å². The molecule has 2 heterocycles. The molecule has 2 aromatic heterocycles. The highest BCUT2D eigenvalue weighted by molar-refractivity contribution is 7.21. The molecular formula is C7H9N5S. The van der Waals surface area contributed by atoms with Crippen LogP contribution in [0.3, 0.4) is 0 Å². The van der Waals surface area contributed by atoms with Gasteiger partial charge in [-0.3, -0.25) is 0 Å². The lowest BCUT2D eigenvalue weighted by atomic mass is 10.6. The molecular weight excluding hydrogens is 186 g/mol. The average molecular weight is 195 g/mol. The van der Waals surface area contributed by atoms with Gasteiger partial charge in [-0.2, -0.15) is 0 Å². The Morgan fingerprint density at radius 1 is 1.54 bits per heavy atom. The molecule has 3 N–H and O–H groups in total. The van der Waals surface area contributed by atoms with Crippen LogP contribution in [-0.2, 0) is 0 Å². The Hall–Kier alpha value is -1.43. The van der Waals surface area contributed by atoms with Crippen LogP contribution in [0.15, 0.2) is 6.20 Å². The fourth-order valence-electron chi connectivity index (χ4n) is 0.996. The fourth-order valence-corrected chi connectivity index (χ4v) is 1.67. The van der Waals surface area contributed by atoms with E-state index in [1.54, 1.807) is 6.20 Å². The third-order valence-corrected chi connectivity index (χ3v) is 2.30. The summed E-state index contributed by atoms with van der Waals surface area (Å²) in [7, 11) is 0. The zero-order chi connectivity index (χ0) is 9.26. The highest BCUT2D eigenvalue weighted by atomic mass is 32.1. The number of nitrogens with two attached hydrogens (primary N) is 1. The number of nitrogens with one attached hydrogen (secondary N) is 1. The number of rotatable bonds is 2. The van der Waals surface area contributed by atoms with Crippen molar-refractivity contribution in [3.8, 4) is 0 Å². The molecule has 0 radical (unpaired) electrons. The fraction of sp³-hybridized carbons (Fsp3) is 0.286. The monoisotopic (exact) mass is 195 g/mol. The Morgan fingerprint density at radius 3 is 3.15 bits per heavy atom. The Labute approximate surface area is 79.0 Å². The second-order valence-electron chi connectivity index (χ2n) is 2.47. The van der Waals surface area contributed by atoms with Crippen molar-refractivity contribution in [2.75, 3.05) is 17.6 Å². The van der Waals surface area contributed by atoms with E-state index in [9.17, 15) is 0 Å². The lowest BCUT2D eigenvalue weighted by Crippen LogP contribution is -2.00. The van der Waals surface area contributed by atoms with Gasteiger partial charge in [0.25, 0.3) is 0 Å². The second kappa shape index (κ2) is 3.14. The topological polar surface area (TPSA) is 76.7 Å². The van der Waals surface area contributed by atoms with Gasteiger partial charge in [0, 0.05) is 6.54 Å². The highest BCUT2D eigenvalue weighted by Crippen LogP contribution is 2.21. The predicted molar refractivity (Wildman–Crippen MR) is 53.8 cm³/mol. The minimum Gasteiger partial charge on any atom is -0.375 e. The number of hydrogen-bond acceptors (Lipinski definition) is 6. The van der Waals surface area contributed by atoms with Crippen molar-refractivity contribution in [3.05, 3.63) is 6.20 Å². The number of aromatic nitrogens is 3. The molecule has 0 saturated carbocycles. The van der Waals surface area contributed by atoms with Crippen LogP contribution in [0.1, 0.15) is 6.92 Å². The average Bonchev–Trinajstić information content (AvgIpc) is 2.44. The molecule has 0 amide bonds. The standard InChI is InChI=1S/C7H9N5S/c1-2-9-7-10-3-4-5(12-7)13-6(8)11-4/h3H,2H2,1H3,(H2,8,11)(H,9,10,12). The van der Waals surface area contributed by atoms with E-state index in [1.165, 1.54) is 11.3 Å². The lowest BCUT2D eigenvalue weighted by molar-refractivity contribution is 1.11. The first-order valence-electron chi connectivity index (χ1n) is 3.92. The molecule has 5 nitrogen and oxygen atoms in total. The van der Waals surface area contributed by atoms with Gasteiger partial charge in [0.1, 0.15) is 5.52 Å². The molecule has 0 fully saturated rings. The van der Waals surface area contributed by atoms with Crippen molar-refractivity contribution in [1.29, 1.82) is 0 Å². The molecule has 0 aliphatic rings. The summed E-state index contributed by atoms with van der Waals surface area (Å²) in [6, 6.07) is 0. The molecule has 6 heteroatoms. The summed E-state index contributed by atoms with van der Waals surface area (Å²) in [6.45, 7) is 2.80. The van der Waals surface area contributed by atoms with E-state index < -0.39 is 0 Å². The number of fused-ring (bicyclic) bond motifs is 1. The minimum absolute atomic E-state index is 0.526. The van der Waals surface area contributed by atoms with Crippen LogP contribution >= 0.6 is 11.3 Å². The van der Waals surface area contributed by atoms with Gasteiger partial charge in [-0.05, 0) is 6.92 Å². The van der Waals surface area contributed by atoms with Crippen molar-refractivity contribution < 1.29 is 0 Å². The maximum absolute atomic E-state index is 5.53. The summed E-state index contributed by atoms with van der Waals surface area (Å²) in [6.07, 6.45) is 1.67. The number of anilines is 2. The van der Waals surface area contributed by atoms with E-state index in [1.807, 2.05) is 6.92 Å². The molecule has 0 aliphatic carbocycles. The first-order valence-corrected chi connectivity index (χ1v) is 4.74. The molecule has 0 bridgehead atoms. The predicted octanol–water partition coefficient (Wildman–Crippen LogP) is 1.10. The van der Waals surface area contributed by atoms with Crippen molar-refractivity contribution >= 4 is 32.8 Å². The Morgan fingerprint density at radius 2 is 2.38 bits per heavy atom. The molecule has 0 aliphatic heterocycles. The smallest absolute Gasteiger partial charge is 0.224 e. The quantitative estimate of drug-likeness (QED) is 0.750. The van der Waals surface area contributed by atoms with Crippen LogP contribution in [0.5, 0.6) is 0 Å². The third-order valence-electron chi connectivity index (χ3n) is 1.50. The van der Waals surface area contributed by atoms with Gasteiger partial charge < -0.3 is 11.1 Å². The summed E-state index contributed by atoms with van der Waals surface area (Å²) in [5, 5.41) is 3.55. The number of thiazole rings is 1. The molecule has 0 atom stereocenters. The van der Waals surface area contributed by atoms with Crippen LogP contribution in [0, 0.1) is 0 Å². The van der Waals surface area contributed by atoms with Gasteiger partial charge in [0.15, 0.2) is 9.96 Å². The van der Waals surface area contributed by atoms with Crippen molar-refractivity contribution in [3.63, 3.8) is 0 Å². The van der Waals surface area contributed by atoms with Crippen LogP contribution in [0.2, 0.25) is 0 Å². The minimum atomic E-state index is 0.526. The van der Waals surface area contributed by atoms with Crippen molar-refractivity contribution in [1.82, 2.24) is 15.0 Å². The molecule has 0 saturated heterocycles. The van der Waals surface area contributed by atoms with Crippen LogP contribution in [-0.4, -0.2) is 21.5 Å². The van der Waals surface area contributed by atoms with Gasteiger partial charge in [-0.25, -0.2) is 15.0 Å². The van der Waals surface area contributed by atoms with E-state index in [0.717, 1.165) is 16.9 Å². The van der Waals surface area contributed by atoms with E-state index in [4.69, 9.17) is 5.73 Å². The maximum Gasteiger partial charge on any atom is 0.224 e. The molecule has 0 unspecified atom stereocenters. The summed E-state index contributed by atoms with van der Waals surface area (Å²) in [4.78, 5) is 13.2. The molecule has 13 heavy (non-hydrogen) atoms. The van der Waals surface area contributed by atoms with E-state index >= 15 is 0 Å². The largest absolute Gasteiger partial charge is 0.375 e. The molecule has 0 aromatic carbocycles. The van der Waals surface area contributed by atoms with E-state index in [2.05, 4.69) is 20.3 Å². The zero-order valence-electron chi connectivity index (χ0n) is 7.11. The first kappa shape index (κ1) is 8.18. The van der Waals surface area contributed by atoms with Gasteiger partial charge >= 0.3 is 0 Å². The number of hydrogen-bond donors (Lipinski definition) is 2. The van der Waals surface area contributed by atoms with E-state index in [-0.39, 0.29) is 0 Å². The Bertz CT molecular complexity index is 424. The Balaban J connectivity index is 2.48. The molecule has 68 valence electrons. The van der Waals surface area contributed by atoms with Crippen LogP contribution in [0.25, 0.3) is 10.3 Å². The summed E-state index contributed by atoms with van der Waals surface area (Å²) >= 11 is 1.37. The SMILES string of the molecule is CCNc1ncc2nc(N)sc2n1.